The number of aryl methyl sites for hydroxylation is 2. The molecular weight excluding hydrogens is 306 g/mol. The molecule has 2 aromatic rings. The summed E-state index contributed by atoms with van der Waals surface area (Å²) in [7, 11) is 1.62. The molecule has 98 valence electrons. The lowest BCUT2D eigenvalue weighted by Crippen LogP contribution is -2.07. The van der Waals surface area contributed by atoms with E-state index < -0.39 is 0 Å². The average molecular weight is 320 g/mol. The largest absolute Gasteiger partial charge is 0.496 e. The maximum Gasteiger partial charge on any atom is 0.211 e. The van der Waals surface area contributed by atoms with Crippen molar-refractivity contribution >= 4 is 21.7 Å². The van der Waals surface area contributed by atoms with E-state index in [0.29, 0.717) is 11.3 Å². The summed E-state index contributed by atoms with van der Waals surface area (Å²) < 4.78 is 6.10. The van der Waals surface area contributed by atoms with Crippen LogP contribution in [-0.4, -0.2) is 17.9 Å². The lowest BCUT2D eigenvalue weighted by Gasteiger charge is -2.10. The van der Waals surface area contributed by atoms with Crippen molar-refractivity contribution < 1.29 is 9.53 Å². The van der Waals surface area contributed by atoms with Crippen molar-refractivity contribution in [3.8, 4) is 5.75 Å². The van der Waals surface area contributed by atoms with Crippen LogP contribution in [0.1, 0.15) is 27.2 Å². The first kappa shape index (κ1) is 13.7. The van der Waals surface area contributed by atoms with Crippen molar-refractivity contribution in [2.24, 2.45) is 0 Å². The van der Waals surface area contributed by atoms with E-state index in [1.807, 2.05) is 32.0 Å². The molecule has 0 aliphatic rings. The first-order valence-corrected chi connectivity index (χ1v) is 6.63. The fourth-order valence-corrected chi connectivity index (χ4v) is 2.14. The average Bonchev–Trinajstić information content (AvgIpc) is 2.41. The van der Waals surface area contributed by atoms with Crippen LogP contribution in [0.5, 0.6) is 5.75 Å². The van der Waals surface area contributed by atoms with Gasteiger partial charge >= 0.3 is 0 Å². The second-order valence-corrected chi connectivity index (χ2v) is 5.24. The first-order valence-electron chi connectivity index (χ1n) is 5.84. The highest BCUT2D eigenvalue weighted by molar-refractivity contribution is 9.10. The second-order valence-electron chi connectivity index (χ2n) is 4.33. The molecule has 0 bridgehead atoms. The Balaban J connectivity index is 2.44. The predicted molar refractivity (Wildman–Crippen MR) is 77.8 cm³/mol. The number of carbonyl (C=O) groups excluding carboxylic acids is 1. The molecule has 2 rings (SSSR count). The Kier molecular flexibility index (Phi) is 4.00. The molecule has 0 unspecified atom stereocenters. The minimum absolute atomic E-state index is 0.0734. The van der Waals surface area contributed by atoms with Crippen LogP contribution < -0.4 is 4.74 Å². The Bertz CT molecular complexity index is 621. The van der Waals surface area contributed by atoms with Crippen molar-refractivity contribution in [3.05, 3.63) is 57.3 Å². The molecule has 0 spiro atoms. The number of aromatic nitrogens is 1. The molecule has 0 aliphatic carbocycles. The predicted octanol–water partition coefficient (Wildman–Crippen LogP) is 3.70. The van der Waals surface area contributed by atoms with Crippen LogP contribution in [0, 0.1) is 13.8 Å². The van der Waals surface area contributed by atoms with Crippen molar-refractivity contribution in [3.63, 3.8) is 0 Å². The molecular formula is C15H14BrNO2. The number of halogens is 1. The van der Waals surface area contributed by atoms with Crippen LogP contribution in [0.2, 0.25) is 0 Å². The maximum atomic E-state index is 12.4. The summed E-state index contributed by atoms with van der Waals surface area (Å²) >= 11 is 3.31. The number of carbonyl (C=O) groups is 1. The van der Waals surface area contributed by atoms with Gasteiger partial charge in [0.25, 0.3) is 0 Å². The number of ether oxygens (including phenoxy) is 1. The molecule has 0 N–H and O–H groups in total. The van der Waals surface area contributed by atoms with E-state index in [9.17, 15) is 4.79 Å². The smallest absolute Gasteiger partial charge is 0.211 e. The van der Waals surface area contributed by atoms with Gasteiger partial charge in [-0.05, 0) is 65.2 Å². The monoisotopic (exact) mass is 319 g/mol. The summed E-state index contributed by atoms with van der Waals surface area (Å²) in [5, 5.41) is 0. The summed E-state index contributed by atoms with van der Waals surface area (Å²) in [5.74, 6) is 0.716. The van der Waals surface area contributed by atoms with Gasteiger partial charge in [-0.2, -0.15) is 0 Å². The zero-order chi connectivity index (χ0) is 14.0. The number of hydrogen-bond donors (Lipinski definition) is 0. The van der Waals surface area contributed by atoms with E-state index in [1.54, 1.807) is 19.4 Å². The highest BCUT2D eigenvalue weighted by atomic mass is 79.9. The quantitative estimate of drug-likeness (QED) is 0.810. The van der Waals surface area contributed by atoms with Crippen molar-refractivity contribution in [1.82, 2.24) is 4.98 Å². The lowest BCUT2D eigenvalue weighted by atomic mass is 9.99. The Morgan fingerprint density at radius 3 is 2.53 bits per heavy atom. The minimum Gasteiger partial charge on any atom is -0.496 e. The molecule has 4 heteroatoms. The van der Waals surface area contributed by atoms with E-state index in [2.05, 4.69) is 20.9 Å². The third kappa shape index (κ3) is 2.84. The summed E-state index contributed by atoms with van der Waals surface area (Å²) in [4.78, 5) is 16.6. The van der Waals surface area contributed by atoms with Crippen LogP contribution in [0.3, 0.4) is 0 Å². The Hall–Kier alpha value is -1.68. The van der Waals surface area contributed by atoms with Gasteiger partial charge in [-0.15, -0.1) is 0 Å². The number of ketones is 1. The van der Waals surface area contributed by atoms with Gasteiger partial charge in [-0.3, -0.25) is 9.78 Å². The standard InChI is InChI=1S/C15H14BrNO2/c1-9-7-14(19-3)10(2)6-12(9)15(18)13-5-4-11(16)8-17-13/h4-8H,1-3H3. The molecule has 0 saturated heterocycles. The molecule has 0 saturated carbocycles. The molecule has 1 aromatic carbocycles. The molecule has 0 radical (unpaired) electrons. The van der Waals surface area contributed by atoms with Crippen LogP contribution >= 0.6 is 15.9 Å². The fraction of sp³-hybridized carbons (Fsp3) is 0.200. The lowest BCUT2D eigenvalue weighted by molar-refractivity contribution is 0.103. The van der Waals surface area contributed by atoms with E-state index in [4.69, 9.17) is 4.74 Å². The first-order chi connectivity index (χ1) is 9.02. The number of pyridine rings is 1. The highest BCUT2D eigenvalue weighted by Crippen LogP contribution is 2.24. The van der Waals surface area contributed by atoms with Gasteiger partial charge in [0.15, 0.2) is 0 Å². The van der Waals surface area contributed by atoms with Gasteiger partial charge in [0.05, 0.1) is 7.11 Å². The van der Waals surface area contributed by atoms with Gasteiger partial charge in [0, 0.05) is 16.2 Å². The van der Waals surface area contributed by atoms with Gasteiger partial charge < -0.3 is 4.74 Å². The highest BCUT2D eigenvalue weighted by Gasteiger charge is 2.15. The maximum absolute atomic E-state index is 12.4. The molecule has 0 atom stereocenters. The van der Waals surface area contributed by atoms with Gasteiger partial charge in [0.2, 0.25) is 5.78 Å². The van der Waals surface area contributed by atoms with E-state index in [0.717, 1.165) is 21.3 Å². The van der Waals surface area contributed by atoms with Gasteiger partial charge in [0.1, 0.15) is 11.4 Å². The van der Waals surface area contributed by atoms with Crippen LogP contribution in [0.15, 0.2) is 34.9 Å². The third-order valence-corrected chi connectivity index (χ3v) is 3.42. The Labute approximate surface area is 120 Å². The Morgan fingerprint density at radius 2 is 1.95 bits per heavy atom. The molecule has 1 heterocycles. The number of rotatable bonds is 3. The number of benzene rings is 1. The fourth-order valence-electron chi connectivity index (χ4n) is 1.90. The van der Waals surface area contributed by atoms with Gasteiger partial charge in [-0.1, -0.05) is 0 Å². The van der Waals surface area contributed by atoms with Crippen LogP contribution in [-0.2, 0) is 0 Å². The number of nitrogens with zero attached hydrogens (tertiary/aromatic N) is 1. The summed E-state index contributed by atoms with van der Waals surface area (Å²) in [5.41, 5.74) is 2.93. The minimum atomic E-state index is -0.0734. The SMILES string of the molecule is COc1cc(C)c(C(=O)c2ccc(Br)cn2)cc1C. The van der Waals surface area contributed by atoms with E-state index >= 15 is 0 Å². The Morgan fingerprint density at radius 1 is 1.21 bits per heavy atom. The second kappa shape index (κ2) is 5.53. The summed E-state index contributed by atoms with van der Waals surface area (Å²) in [6, 6.07) is 7.25. The number of methoxy groups -OCH3 is 1. The normalized spacial score (nSPS) is 10.3. The van der Waals surface area contributed by atoms with Crippen LogP contribution in [0.4, 0.5) is 0 Å². The third-order valence-electron chi connectivity index (χ3n) is 2.95. The zero-order valence-corrected chi connectivity index (χ0v) is 12.6. The van der Waals surface area contributed by atoms with Crippen LogP contribution in [0.25, 0.3) is 0 Å². The molecule has 0 fully saturated rings. The number of hydrogen-bond acceptors (Lipinski definition) is 3. The molecule has 3 nitrogen and oxygen atoms in total. The molecule has 1 aromatic heterocycles. The summed E-state index contributed by atoms with van der Waals surface area (Å²) in [6.07, 6.45) is 1.62. The molecule has 19 heavy (non-hydrogen) atoms. The topological polar surface area (TPSA) is 39.2 Å². The van der Waals surface area contributed by atoms with E-state index in [1.165, 1.54) is 0 Å². The van der Waals surface area contributed by atoms with Gasteiger partial charge in [-0.25, -0.2) is 0 Å². The summed E-state index contributed by atoms with van der Waals surface area (Å²) in [6.45, 7) is 3.82. The van der Waals surface area contributed by atoms with Crippen molar-refractivity contribution in [2.75, 3.05) is 7.11 Å². The molecule has 0 aliphatic heterocycles. The van der Waals surface area contributed by atoms with Crippen molar-refractivity contribution in [1.29, 1.82) is 0 Å². The zero-order valence-electron chi connectivity index (χ0n) is 11.0. The molecule has 0 amide bonds. The van der Waals surface area contributed by atoms with Crippen molar-refractivity contribution in [2.45, 2.75) is 13.8 Å². The van der Waals surface area contributed by atoms with E-state index in [-0.39, 0.29) is 5.78 Å².